The van der Waals surface area contributed by atoms with Gasteiger partial charge in [-0.05, 0) is 41.8 Å². The van der Waals surface area contributed by atoms with E-state index in [4.69, 9.17) is 10.6 Å². The number of aliphatic hydroxyl groups excluding tert-OH is 1. The number of nitrogens with two attached hydrogens (primary N) is 1. The Balaban J connectivity index is 1.59. The van der Waals surface area contributed by atoms with Crippen LogP contribution in [0.3, 0.4) is 0 Å². The molecule has 4 rings (SSSR count). The van der Waals surface area contributed by atoms with Crippen LogP contribution in [-0.2, 0) is 11.2 Å². The summed E-state index contributed by atoms with van der Waals surface area (Å²) in [4.78, 5) is 21.9. The van der Waals surface area contributed by atoms with Crippen LogP contribution in [0.15, 0.2) is 51.9 Å². The molecule has 1 aromatic heterocycles. The van der Waals surface area contributed by atoms with Crippen LogP contribution in [0.1, 0.15) is 5.56 Å². The van der Waals surface area contributed by atoms with E-state index in [1.165, 1.54) is 6.34 Å². The van der Waals surface area contributed by atoms with E-state index < -0.39 is 12.2 Å². The van der Waals surface area contributed by atoms with Crippen LogP contribution in [-0.4, -0.2) is 41.3 Å². The monoisotopic (exact) mass is 352 g/mol. The highest BCUT2D eigenvalue weighted by Crippen LogP contribution is 2.40. The molecule has 132 valence electrons. The first-order chi connectivity index (χ1) is 12.7. The number of cyclic esters (lactones) is 1. The molecule has 3 heterocycles. The zero-order valence-electron chi connectivity index (χ0n) is 13.7. The van der Waals surface area contributed by atoms with Crippen molar-refractivity contribution in [2.45, 2.75) is 18.6 Å². The summed E-state index contributed by atoms with van der Waals surface area (Å²) in [5, 5.41) is 15.9. The van der Waals surface area contributed by atoms with Gasteiger partial charge in [0.25, 0.3) is 0 Å². The number of anilines is 1. The van der Waals surface area contributed by atoms with E-state index in [-0.39, 0.29) is 12.6 Å². The zero-order valence-corrected chi connectivity index (χ0v) is 13.7. The second kappa shape index (κ2) is 6.52. The van der Waals surface area contributed by atoms with Gasteiger partial charge in [0, 0.05) is 11.8 Å². The summed E-state index contributed by atoms with van der Waals surface area (Å²) in [7, 11) is 0. The number of rotatable bonds is 4. The maximum absolute atomic E-state index is 12.0. The Kier molecular flexibility index (Phi) is 4.05. The molecule has 3 N–H and O–H groups in total. The van der Waals surface area contributed by atoms with Gasteiger partial charge < -0.3 is 15.7 Å². The number of aromatic nitrogens is 1. The second-order valence-electron chi connectivity index (χ2n) is 5.97. The summed E-state index contributed by atoms with van der Waals surface area (Å²) in [6, 6.07) is 9.40. The van der Waals surface area contributed by atoms with E-state index >= 15 is 0 Å². The molecule has 1 aromatic carbocycles. The molecule has 1 amide bonds. The third-order valence-electron chi connectivity index (χ3n) is 4.55. The molecule has 2 aliphatic heterocycles. The van der Waals surface area contributed by atoms with Crippen molar-refractivity contribution >= 4 is 23.9 Å². The minimum absolute atomic E-state index is 0.149. The molecular formula is C17H16N6O3. The van der Waals surface area contributed by atoms with E-state index in [9.17, 15) is 9.90 Å². The number of hydrogen-bond donors (Lipinski definition) is 2. The molecule has 0 spiro atoms. The van der Waals surface area contributed by atoms with Gasteiger partial charge in [0.1, 0.15) is 12.4 Å². The zero-order chi connectivity index (χ0) is 18.1. The van der Waals surface area contributed by atoms with Gasteiger partial charge in [-0.25, -0.2) is 14.8 Å². The lowest BCUT2D eigenvalue weighted by molar-refractivity contribution is 0.0830. The fourth-order valence-electron chi connectivity index (χ4n) is 3.36. The third-order valence-corrected chi connectivity index (χ3v) is 4.55. The lowest BCUT2D eigenvalue weighted by Gasteiger charge is -2.14. The van der Waals surface area contributed by atoms with Crippen molar-refractivity contribution in [2.75, 3.05) is 11.5 Å². The first kappa shape index (κ1) is 16.2. The number of amides is 1. The second-order valence-corrected chi connectivity index (χ2v) is 5.97. The summed E-state index contributed by atoms with van der Waals surface area (Å²) < 4.78 is 5.19. The predicted molar refractivity (Wildman–Crippen MR) is 94.2 cm³/mol. The van der Waals surface area contributed by atoms with Crippen molar-refractivity contribution in [3.05, 3.63) is 42.1 Å². The van der Waals surface area contributed by atoms with Crippen LogP contribution in [0.4, 0.5) is 16.3 Å². The Hall–Kier alpha value is -3.33. The standard InChI is InChI=1S/C17H16N6O3/c18-22-21-9-20-16-4-2-11(7-19-16)10-1-3-13-12(5-10)6-14-15(8-24)26-17(25)23(13)14/h1-5,7,9,14-15,24H,6,8H2,(H2,18,19,20,21). The number of ether oxygens (including phenoxy) is 1. The normalized spacial score (nSPS) is 21.4. The van der Waals surface area contributed by atoms with Gasteiger partial charge >= 0.3 is 6.09 Å². The third kappa shape index (κ3) is 2.68. The quantitative estimate of drug-likeness (QED) is 0.286. The number of benzene rings is 1. The van der Waals surface area contributed by atoms with Gasteiger partial charge in [0.05, 0.1) is 18.3 Å². The first-order valence-electron chi connectivity index (χ1n) is 8.04. The fraction of sp³-hybridized carbons (Fsp3) is 0.235. The molecule has 0 saturated carbocycles. The Morgan fingerprint density at radius 3 is 2.92 bits per heavy atom. The molecular weight excluding hydrogens is 336 g/mol. The number of aliphatic hydroxyl groups is 1. The first-order valence-corrected chi connectivity index (χ1v) is 8.04. The van der Waals surface area contributed by atoms with E-state index in [2.05, 4.69) is 20.3 Å². The van der Waals surface area contributed by atoms with Gasteiger partial charge in [-0.2, -0.15) is 0 Å². The largest absolute Gasteiger partial charge is 0.441 e. The van der Waals surface area contributed by atoms with Crippen molar-refractivity contribution in [3.63, 3.8) is 0 Å². The summed E-state index contributed by atoms with van der Waals surface area (Å²) in [6.07, 6.45) is 2.71. The Bertz CT molecular complexity index is 896. The van der Waals surface area contributed by atoms with Crippen molar-refractivity contribution in [1.82, 2.24) is 4.98 Å². The minimum Gasteiger partial charge on any atom is -0.441 e. The van der Waals surface area contributed by atoms with Gasteiger partial charge in [0.15, 0.2) is 5.82 Å². The number of pyridine rings is 1. The Morgan fingerprint density at radius 1 is 1.35 bits per heavy atom. The fourth-order valence-corrected chi connectivity index (χ4v) is 3.36. The van der Waals surface area contributed by atoms with Crippen LogP contribution >= 0.6 is 0 Å². The van der Waals surface area contributed by atoms with Crippen molar-refractivity contribution in [3.8, 4) is 11.1 Å². The van der Waals surface area contributed by atoms with E-state index in [0.29, 0.717) is 12.2 Å². The van der Waals surface area contributed by atoms with E-state index in [1.54, 1.807) is 17.2 Å². The van der Waals surface area contributed by atoms with Crippen molar-refractivity contribution < 1.29 is 14.6 Å². The van der Waals surface area contributed by atoms with Crippen LogP contribution in [0, 0.1) is 0 Å². The molecule has 2 aromatic rings. The molecule has 1 saturated heterocycles. The highest BCUT2D eigenvalue weighted by atomic mass is 16.6. The highest BCUT2D eigenvalue weighted by Gasteiger charge is 2.47. The maximum atomic E-state index is 12.0. The van der Waals surface area contributed by atoms with Crippen molar-refractivity contribution in [1.29, 1.82) is 0 Å². The topological polar surface area (TPSA) is 126 Å². The lowest BCUT2D eigenvalue weighted by Crippen LogP contribution is -2.34. The summed E-state index contributed by atoms with van der Waals surface area (Å²) in [6.45, 7) is -0.177. The van der Waals surface area contributed by atoms with Crippen molar-refractivity contribution in [2.24, 2.45) is 21.2 Å². The number of carbonyl (C=O) groups is 1. The SMILES string of the molecule is NN=NC=Nc1ccc(-c2ccc3c(c2)CC2C(CO)OC(=O)N32)cn1. The molecule has 9 nitrogen and oxygen atoms in total. The van der Waals surface area contributed by atoms with Gasteiger partial charge in [-0.1, -0.05) is 11.3 Å². The van der Waals surface area contributed by atoms with E-state index in [1.807, 2.05) is 24.3 Å². The lowest BCUT2D eigenvalue weighted by atomic mass is 10.0. The number of hydrogen-bond acceptors (Lipinski definition) is 6. The van der Waals surface area contributed by atoms with Crippen LogP contribution < -0.4 is 10.7 Å². The van der Waals surface area contributed by atoms with Crippen LogP contribution in [0.2, 0.25) is 0 Å². The summed E-state index contributed by atoms with van der Waals surface area (Å²) in [5.41, 5.74) is 3.80. The smallest absolute Gasteiger partial charge is 0.415 e. The molecule has 2 unspecified atom stereocenters. The van der Waals surface area contributed by atoms with Gasteiger partial charge in [-0.15, -0.1) is 5.11 Å². The minimum atomic E-state index is -0.483. The Labute approximate surface area is 148 Å². The molecule has 26 heavy (non-hydrogen) atoms. The average Bonchev–Trinajstić information content (AvgIpc) is 3.19. The number of fused-ring (bicyclic) bond motifs is 3. The molecule has 1 fully saturated rings. The molecule has 9 heteroatoms. The highest BCUT2D eigenvalue weighted by molar-refractivity contribution is 5.94. The van der Waals surface area contributed by atoms with Gasteiger partial charge in [0.2, 0.25) is 0 Å². The molecule has 0 radical (unpaired) electrons. The summed E-state index contributed by atoms with van der Waals surface area (Å²) >= 11 is 0. The predicted octanol–water partition coefficient (Wildman–Crippen LogP) is 1.98. The molecule has 0 aliphatic carbocycles. The maximum Gasteiger partial charge on any atom is 0.415 e. The number of aliphatic imine (C=N–C) groups is 1. The van der Waals surface area contributed by atoms with Crippen LogP contribution in [0.5, 0.6) is 0 Å². The molecule has 2 aliphatic rings. The number of nitrogens with zero attached hydrogens (tertiary/aromatic N) is 5. The molecule has 0 bridgehead atoms. The number of carbonyl (C=O) groups excluding carboxylic acids is 1. The average molecular weight is 352 g/mol. The van der Waals surface area contributed by atoms with E-state index in [0.717, 1.165) is 22.4 Å². The van der Waals surface area contributed by atoms with Crippen LogP contribution in [0.25, 0.3) is 11.1 Å². The van der Waals surface area contributed by atoms with Gasteiger partial charge in [-0.3, -0.25) is 4.90 Å². The molecule has 2 atom stereocenters. The summed E-state index contributed by atoms with van der Waals surface area (Å²) in [5.74, 6) is 5.39. The Morgan fingerprint density at radius 2 is 2.19 bits per heavy atom.